The van der Waals surface area contributed by atoms with Crippen molar-refractivity contribution in [1.29, 1.82) is 0 Å². The molecule has 2 heterocycles. The summed E-state index contributed by atoms with van der Waals surface area (Å²) in [5, 5.41) is 6.02. The van der Waals surface area contributed by atoms with Crippen molar-refractivity contribution in [2.24, 2.45) is 0 Å². The Bertz CT molecular complexity index is 566. The van der Waals surface area contributed by atoms with Gasteiger partial charge in [-0.05, 0) is 12.1 Å². The molecule has 1 amide bonds. The predicted molar refractivity (Wildman–Crippen MR) is 89.9 cm³/mol. The van der Waals surface area contributed by atoms with E-state index in [0.717, 1.165) is 23.4 Å². The highest BCUT2D eigenvalue weighted by molar-refractivity contribution is 5.85. The molecule has 2 aromatic rings. The Balaban J connectivity index is 0.00000121. The average molecular weight is 347 g/mol. The Hall–Kier alpha value is -1.34. The minimum absolute atomic E-state index is 0. The van der Waals surface area contributed by atoms with E-state index in [9.17, 15) is 4.79 Å². The van der Waals surface area contributed by atoms with E-state index in [0.29, 0.717) is 26.1 Å². The number of imidazole rings is 1. The third-order valence-corrected chi connectivity index (χ3v) is 3.32. The monoisotopic (exact) mass is 346 g/mol. The first-order valence-electron chi connectivity index (χ1n) is 6.86. The number of aromatic nitrogens is 2. The maximum absolute atomic E-state index is 11.9. The van der Waals surface area contributed by atoms with Gasteiger partial charge in [-0.2, -0.15) is 0 Å². The lowest BCUT2D eigenvalue weighted by Crippen LogP contribution is -2.48. The minimum atomic E-state index is -0.376. The van der Waals surface area contributed by atoms with Crippen molar-refractivity contribution in [3.63, 3.8) is 0 Å². The van der Waals surface area contributed by atoms with E-state index in [4.69, 9.17) is 4.74 Å². The van der Waals surface area contributed by atoms with Gasteiger partial charge in [-0.25, -0.2) is 4.98 Å². The van der Waals surface area contributed by atoms with Crippen LogP contribution >= 0.6 is 24.8 Å². The molecule has 0 spiro atoms. The number of amides is 1. The molecule has 1 aromatic carbocycles. The van der Waals surface area contributed by atoms with Crippen LogP contribution in [0.1, 0.15) is 5.82 Å². The number of morpholine rings is 1. The van der Waals surface area contributed by atoms with Crippen LogP contribution in [0.2, 0.25) is 0 Å². The van der Waals surface area contributed by atoms with E-state index in [2.05, 4.69) is 20.6 Å². The van der Waals surface area contributed by atoms with E-state index in [1.165, 1.54) is 0 Å². The number of para-hydroxylation sites is 2. The van der Waals surface area contributed by atoms with Gasteiger partial charge in [0.25, 0.3) is 0 Å². The minimum Gasteiger partial charge on any atom is -0.366 e. The quantitative estimate of drug-likeness (QED) is 0.773. The highest BCUT2D eigenvalue weighted by atomic mass is 35.5. The van der Waals surface area contributed by atoms with Crippen LogP contribution in [0.4, 0.5) is 0 Å². The standard InChI is InChI=1S/C14H18N4O2.2ClH/c19-14(12-9-15-7-8-20-12)16-6-5-13-17-10-3-1-2-4-11(10)18-13;;/h1-4,12,15H,5-9H2,(H,16,19)(H,17,18);2*1H. The fourth-order valence-electron chi connectivity index (χ4n) is 2.28. The van der Waals surface area contributed by atoms with Crippen molar-refractivity contribution in [3.8, 4) is 0 Å². The summed E-state index contributed by atoms with van der Waals surface area (Å²) in [5.74, 6) is 0.822. The molecule has 0 bridgehead atoms. The molecular formula is C14H20Cl2N4O2. The number of nitrogens with one attached hydrogen (secondary N) is 3. The first kappa shape index (κ1) is 18.7. The summed E-state index contributed by atoms with van der Waals surface area (Å²) >= 11 is 0. The molecule has 1 aliphatic heterocycles. The molecule has 1 fully saturated rings. The zero-order valence-electron chi connectivity index (χ0n) is 12.0. The molecule has 0 aliphatic carbocycles. The molecule has 3 N–H and O–H groups in total. The fraction of sp³-hybridized carbons (Fsp3) is 0.429. The van der Waals surface area contributed by atoms with E-state index in [1.807, 2.05) is 24.3 Å². The third-order valence-electron chi connectivity index (χ3n) is 3.32. The summed E-state index contributed by atoms with van der Waals surface area (Å²) in [5.41, 5.74) is 1.97. The number of aromatic amines is 1. The van der Waals surface area contributed by atoms with Crippen molar-refractivity contribution in [2.75, 3.05) is 26.2 Å². The van der Waals surface area contributed by atoms with Crippen LogP contribution in [0.3, 0.4) is 0 Å². The van der Waals surface area contributed by atoms with Gasteiger partial charge in [-0.15, -0.1) is 24.8 Å². The van der Waals surface area contributed by atoms with Gasteiger partial charge in [0.1, 0.15) is 11.9 Å². The van der Waals surface area contributed by atoms with Gasteiger partial charge in [-0.1, -0.05) is 12.1 Å². The molecular weight excluding hydrogens is 327 g/mol. The second-order valence-corrected chi connectivity index (χ2v) is 4.81. The summed E-state index contributed by atoms with van der Waals surface area (Å²) in [6, 6.07) is 7.89. The number of nitrogens with zero attached hydrogens (tertiary/aromatic N) is 1. The Kier molecular flexibility index (Phi) is 7.61. The Morgan fingerprint density at radius 2 is 2.18 bits per heavy atom. The zero-order chi connectivity index (χ0) is 13.8. The fourth-order valence-corrected chi connectivity index (χ4v) is 2.28. The van der Waals surface area contributed by atoms with Crippen LogP contribution in [-0.4, -0.2) is 48.2 Å². The van der Waals surface area contributed by atoms with E-state index < -0.39 is 0 Å². The molecule has 1 aromatic heterocycles. The molecule has 0 saturated carbocycles. The number of rotatable bonds is 4. The number of halogens is 2. The number of carbonyl (C=O) groups excluding carboxylic acids is 1. The predicted octanol–water partition coefficient (Wildman–Crippen LogP) is 1.05. The van der Waals surface area contributed by atoms with Crippen molar-refractivity contribution >= 4 is 41.8 Å². The molecule has 1 saturated heterocycles. The van der Waals surface area contributed by atoms with Crippen molar-refractivity contribution < 1.29 is 9.53 Å². The Labute approximate surface area is 141 Å². The topological polar surface area (TPSA) is 79.0 Å². The van der Waals surface area contributed by atoms with Gasteiger partial charge in [-0.3, -0.25) is 4.79 Å². The molecule has 3 rings (SSSR count). The molecule has 0 radical (unpaired) electrons. The van der Waals surface area contributed by atoms with E-state index >= 15 is 0 Å². The van der Waals surface area contributed by atoms with Gasteiger partial charge in [0.05, 0.1) is 17.6 Å². The maximum atomic E-state index is 11.9. The van der Waals surface area contributed by atoms with E-state index in [-0.39, 0.29) is 36.8 Å². The molecule has 22 heavy (non-hydrogen) atoms. The molecule has 1 unspecified atom stereocenters. The van der Waals surface area contributed by atoms with Crippen LogP contribution in [0.25, 0.3) is 11.0 Å². The number of ether oxygens (including phenoxy) is 1. The summed E-state index contributed by atoms with van der Waals surface area (Å²) in [6.07, 6.45) is 0.306. The van der Waals surface area contributed by atoms with Crippen LogP contribution in [0.5, 0.6) is 0 Å². The van der Waals surface area contributed by atoms with Crippen LogP contribution < -0.4 is 10.6 Å². The highest BCUT2D eigenvalue weighted by Crippen LogP contribution is 2.10. The van der Waals surface area contributed by atoms with Crippen LogP contribution in [0.15, 0.2) is 24.3 Å². The number of H-pyrrole nitrogens is 1. The molecule has 6 nitrogen and oxygen atoms in total. The van der Waals surface area contributed by atoms with Gasteiger partial charge >= 0.3 is 0 Å². The average Bonchev–Trinajstić information content (AvgIpc) is 2.90. The second-order valence-electron chi connectivity index (χ2n) is 4.81. The van der Waals surface area contributed by atoms with E-state index in [1.54, 1.807) is 0 Å². The lowest BCUT2D eigenvalue weighted by atomic mass is 10.3. The zero-order valence-corrected chi connectivity index (χ0v) is 13.6. The smallest absolute Gasteiger partial charge is 0.250 e. The maximum Gasteiger partial charge on any atom is 0.250 e. The van der Waals surface area contributed by atoms with Crippen LogP contribution in [0, 0.1) is 0 Å². The third kappa shape index (κ3) is 4.58. The molecule has 1 aliphatic rings. The van der Waals surface area contributed by atoms with Crippen molar-refractivity contribution in [1.82, 2.24) is 20.6 Å². The first-order valence-corrected chi connectivity index (χ1v) is 6.86. The Morgan fingerprint density at radius 3 is 2.91 bits per heavy atom. The molecule has 1 atom stereocenters. The SMILES string of the molecule is Cl.Cl.O=C(NCCc1nc2ccccc2[nH]1)C1CNCCO1. The lowest BCUT2D eigenvalue weighted by molar-refractivity contribution is -0.134. The van der Waals surface area contributed by atoms with Gasteiger partial charge in [0, 0.05) is 26.1 Å². The largest absolute Gasteiger partial charge is 0.366 e. The summed E-state index contributed by atoms with van der Waals surface area (Å²) < 4.78 is 5.39. The summed E-state index contributed by atoms with van der Waals surface area (Å²) in [7, 11) is 0. The second kappa shape index (κ2) is 8.95. The number of benzene rings is 1. The summed E-state index contributed by atoms with van der Waals surface area (Å²) in [4.78, 5) is 19.6. The van der Waals surface area contributed by atoms with Crippen molar-refractivity contribution in [3.05, 3.63) is 30.1 Å². The lowest BCUT2D eigenvalue weighted by Gasteiger charge is -2.22. The number of hydrogen-bond acceptors (Lipinski definition) is 4. The number of carbonyl (C=O) groups is 1. The first-order chi connectivity index (χ1) is 9.83. The van der Waals surface area contributed by atoms with Gasteiger partial charge in [0.15, 0.2) is 0 Å². The summed E-state index contributed by atoms with van der Waals surface area (Å²) in [6.45, 7) is 2.53. The highest BCUT2D eigenvalue weighted by Gasteiger charge is 2.21. The van der Waals surface area contributed by atoms with Gasteiger partial charge in [0.2, 0.25) is 5.91 Å². The number of hydrogen-bond donors (Lipinski definition) is 3. The molecule has 122 valence electrons. The van der Waals surface area contributed by atoms with Crippen molar-refractivity contribution in [2.45, 2.75) is 12.5 Å². The normalized spacial score (nSPS) is 17.4. The van der Waals surface area contributed by atoms with Crippen LogP contribution in [-0.2, 0) is 16.0 Å². The Morgan fingerprint density at radius 1 is 1.36 bits per heavy atom. The molecule has 8 heteroatoms. The van der Waals surface area contributed by atoms with Gasteiger partial charge < -0.3 is 20.4 Å². The number of fused-ring (bicyclic) bond motifs is 1.